The first-order chi connectivity index (χ1) is 19.2. The van der Waals surface area contributed by atoms with Gasteiger partial charge in [0.2, 0.25) is 5.91 Å². The van der Waals surface area contributed by atoms with Crippen LogP contribution in [0.1, 0.15) is 29.8 Å². The van der Waals surface area contributed by atoms with Crippen LogP contribution >= 0.6 is 0 Å². The minimum atomic E-state index is -0.440. The second kappa shape index (κ2) is 13.1. The zero-order valence-electron chi connectivity index (χ0n) is 23.0. The van der Waals surface area contributed by atoms with E-state index < -0.39 is 12.1 Å². The van der Waals surface area contributed by atoms with Gasteiger partial charge in [0.05, 0.1) is 31.2 Å². The fourth-order valence-corrected chi connectivity index (χ4v) is 4.60. The normalized spacial score (nSPS) is 17.5. The molecule has 4 amide bonds. The summed E-state index contributed by atoms with van der Waals surface area (Å²) in [4.78, 5) is 42.4. The zero-order valence-corrected chi connectivity index (χ0v) is 23.0. The lowest BCUT2D eigenvalue weighted by Crippen LogP contribution is -2.50. The van der Waals surface area contributed by atoms with E-state index in [2.05, 4.69) is 10.6 Å². The molecule has 0 saturated carbocycles. The Hall–Kier alpha value is -4.37. The Morgan fingerprint density at radius 2 is 1.70 bits per heavy atom. The van der Waals surface area contributed by atoms with Crippen molar-refractivity contribution in [2.75, 3.05) is 37.4 Å². The third kappa shape index (κ3) is 7.18. The number of fused-ring (bicyclic) bond motifs is 1. The summed E-state index contributed by atoms with van der Waals surface area (Å²) in [6.45, 7) is 4.13. The highest BCUT2D eigenvalue weighted by atomic mass is 16.5. The fourth-order valence-electron chi connectivity index (χ4n) is 4.60. The SMILES string of the molecule is C[C@@H]1CN([C@H](C)CO)C(=O)c2cc(NC(=O)Cc3ccccc3)ccc2O[C@@H]1CN(C)C(=O)Nc1ccccc1. The van der Waals surface area contributed by atoms with Crippen LogP contribution in [0.4, 0.5) is 16.2 Å². The second-order valence-corrected chi connectivity index (χ2v) is 10.2. The number of benzene rings is 3. The first-order valence-electron chi connectivity index (χ1n) is 13.4. The number of aliphatic hydroxyl groups is 1. The molecule has 0 spiro atoms. The Morgan fingerprint density at radius 3 is 2.38 bits per heavy atom. The molecule has 0 bridgehead atoms. The quantitative estimate of drug-likeness (QED) is 0.393. The third-order valence-corrected chi connectivity index (χ3v) is 6.98. The summed E-state index contributed by atoms with van der Waals surface area (Å²) in [6.07, 6.45) is -0.238. The Kier molecular flexibility index (Phi) is 9.39. The Bertz CT molecular complexity index is 1320. The number of carbonyl (C=O) groups excluding carboxylic acids is 3. The number of aliphatic hydroxyl groups excluding tert-OH is 1. The number of anilines is 2. The van der Waals surface area contributed by atoms with Crippen LogP contribution in [-0.4, -0.2) is 71.6 Å². The maximum absolute atomic E-state index is 13.7. The van der Waals surface area contributed by atoms with Gasteiger partial charge < -0.3 is 30.3 Å². The van der Waals surface area contributed by atoms with Crippen molar-refractivity contribution in [2.24, 2.45) is 5.92 Å². The number of carbonyl (C=O) groups is 3. The van der Waals surface area contributed by atoms with Gasteiger partial charge in [0.25, 0.3) is 5.91 Å². The van der Waals surface area contributed by atoms with Crippen molar-refractivity contribution in [2.45, 2.75) is 32.4 Å². The largest absolute Gasteiger partial charge is 0.487 e. The molecule has 0 fully saturated rings. The lowest BCUT2D eigenvalue weighted by atomic mass is 9.99. The average Bonchev–Trinajstić information content (AvgIpc) is 2.95. The molecular weight excluding hydrogens is 508 g/mol. The smallest absolute Gasteiger partial charge is 0.321 e. The molecule has 210 valence electrons. The van der Waals surface area contributed by atoms with Crippen LogP contribution in [0.3, 0.4) is 0 Å². The molecule has 3 atom stereocenters. The summed E-state index contributed by atoms with van der Waals surface area (Å²) in [5.41, 5.74) is 2.32. The van der Waals surface area contributed by atoms with E-state index in [1.54, 1.807) is 42.0 Å². The first kappa shape index (κ1) is 28.6. The van der Waals surface area contributed by atoms with Gasteiger partial charge in [-0.25, -0.2) is 4.79 Å². The molecule has 3 N–H and O–H groups in total. The van der Waals surface area contributed by atoms with Crippen molar-refractivity contribution in [1.82, 2.24) is 9.80 Å². The number of amides is 4. The van der Waals surface area contributed by atoms with Crippen LogP contribution in [0, 0.1) is 5.92 Å². The molecule has 1 aliphatic rings. The van der Waals surface area contributed by atoms with E-state index in [9.17, 15) is 19.5 Å². The molecule has 4 rings (SSSR count). The highest BCUT2D eigenvalue weighted by molar-refractivity contribution is 6.00. The molecule has 0 aliphatic carbocycles. The maximum Gasteiger partial charge on any atom is 0.321 e. The molecule has 3 aromatic rings. The van der Waals surface area contributed by atoms with Crippen LogP contribution in [-0.2, 0) is 11.2 Å². The summed E-state index contributed by atoms with van der Waals surface area (Å²) >= 11 is 0. The van der Waals surface area contributed by atoms with Crippen LogP contribution < -0.4 is 15.4 Å². The fraction of sp³-hybridized carbons (Fsp3) is 0.323. The average molecular weight is 545 g/mol. The van der Waals surface area contributed by atoms with Crippen molar-refractivity contribution in [3.05, 3.63) is 90.0 Å². The van der Waals surface area contributed by atoms with Crippen molar-refractivity contribution in [3.8, 4) is 5.75 Å². The van der Waals surface area contributed by atoms with E-state index in [0.29, 0.717) is 23.7 Å². The van der Waals surface area contributed by atoms with Gasteiger partial charge in [-0.05, 0) is 42.8 Å². The predicted octanol–water partition coefficient (Wildman–Crippen LogP) is 4.25. The lowest BCUT2D eigenvalue weighted by molar-refractivity contribution is -0.115. The summed E-state index contributed by atoms with van der Waals surface area (Å²) < 4.78 is 6.36. The zero-order chi connectivity index (χ0) is 28.6. The molecule has 9 heteroatoms. The minimum Gasteiger partial charge on any atom is -0.487 e. The van der Waals surface area contributed by atoms with Crippen LogP contribution in [0.25, 0.3) is 0 Å². The molecular formula is C31H36N4O5. The lowest BCUT2D eigenvalue weighted by Gasteiger charge is -2.38. The number of ether oxygens (including phenoxy) is 1. The minimum absolute atomic E-state index is 0.150. The van der Waals surface area contributed by atoms with Gasteiger partial charge in [0, 0.05) is 30.9 Å². The molecule has 1 heterocycles. The van der Waals surface area contributed by atoms with E-state index in [4.69, 9.17) is 4.74 Å². The first-order valence-corrected chi connectivity index (χ1v) is 13.4. The number of likely N-dealkylation sites (N-methyl/N-ethyl adjacent to an activating group) is 1. The number of nitrogens with one attached hydrogen (secondary N) is 2. The summed E-state index contributed by atoms with van der Waals surface area (Å²) in [7, 11) is 1.69. The summed E-state index contributed by atoms with van der Waals surface area (Å²) in [5, 5.41) is 15.6. The molecule has 3 aromatic carbocycles. The van der Waals surface area contributed by atoms with E-state index in [1.807, 2.05) is 67.6 Å². The molecule has 40 heavy (non-hydrogen) atoms. The van der Waals surface area contributed by atoms with E-state index in [-0.39, 0.29) is 48.9 Å². The molecule has 0 radical (unpaired) electrons. The molecule has 0 aromatic heterocycles. The Labute approximate surface area is 234 Å². The summed E-state index contributed by atoms with van der Waals surface area (Å²) in [6, 6.07) is 22.9. The van der Waals surface area contributed by atoms with Crippen LogP contribution in [0.2, 0.25) is 0 Å². The van der Waals surface area contributed by atoms with Gasteiger partial charge in [-0.3, -0.25) is 9.59 Å². The van der Waals surface area contributed by atoms with Gasteiger partial charge in [0.15, 0.2) is 0 Å². The van der Waals surface area contributed by atoms with Gasteiger partial charge >= 0.3 is 6.03 Å². The monoisotopic (exact) mass is 544 g/mol. The second-order valence-electron chi connectivity index (χ2n) is 10.2. The third-order valence-electron chi connectivity index (χ3n) is 6.98. The van der Waals surface area contributed by atoms with Gasteiger partial charge in [-0.1, -0.05) is 55.5 Å². The van der Waals surface area contributed by atoms with Crippen LogP contribution in [0.15, 0.2) is 78.9 Å². The molecule has 9 nitrogen and oxygen atoms in total. The Balaban J connectivity index is 1.55. The van der Waals surface area contributed by atoms with E-state index in [1.165, 1.54) is 0 Å². The topological polar surface area (TPSA) is 111 Å². The van der Waals surface area contributed by atoms with Crippen LogP contribution in [0.5, 0.6) is 5.75 Å². The highest BCUT2D eigenvalue weighted by Crippen LogP contribution is 2.31. The number of urea groups is 1. The predicted molar refractivity (Wildman–Crippen MR) is 154 cm³/mol. The van der Waals surface area contributed by atoms with Gasteiger partial charge in [0.1, 0.15) is 11.9 Å². The number of para-hydroxylation sites is 1. The van der Waals surface area contributed by atoms with Crippen molar-refractivity contribution < 1.29 is 24.2 Å². The van der Waals surface area contributed by atoms with E-state index >= 15 is 0 Å². The van der Waals surface area contributed by atoms with Crippen molar-refractivity contribution in [3.63, 3.8) is 0 Å². The number of rotatable bonds is 8. The van der Waals surface area contributed by atoms with Gasteiger partial charge in [-0.2, -0.15) is 0 Å². The van der Waals surface area contributed by atoms with Gasteiger partial charge in [-0.15, -0.1) is 0 Å². The number of hydrogen-bond donors (Lipinski definition) is 3. The standard InChI is InChI=1S/C31H36N4O5/c1-21-18-35(22(2)20-36)30(38)26-17-25(32-29(37)16-23-10-6-4-7-11-23)14-15-27(26)40-28(21)19-34(3)31(39)33-24-12-8-5-9-13-24/h4-15,17,21-22,28,36H,16,18-20H2,1-3H3,(H,32,37)(H,33,39)/t21-,22-,28-/m1/s1. The van der Waals surface area contributed by atoms with Crippen molar-refractivity contribution in [1.29, 1.82) is 0 Å². The Morgan fingerprint density at radius 1 is 1.02 bits per heavy atom. The maximum atomic E-state index is 13.7. The molecule has 0 saturated heterocycles. The number of nitrogens with zero attached hydrogens (tertiary/aromatic N) is 2. The highest BCUT2D eigenvalue weighted by Gasteiger charge is 2.34. The van der Waals surface area contributed by atoms with E-state index in [0.717, 1.165) is 5.56 Å². The molecule has 1 aliphatic heterocycles. The number of hydrogen-bond acceptors (Lipinski definition) is 5. The molecule has 0 unspecified atom stereocenters. The van der Waals surface area contributed by atoms with Crippen molar-refractivity contribution >= 4 is 29.2 Å². The summed E-state index contributed by atoms with van der Waals surface area (Å²) in [5.74, 6) is -0.294.